The number of benzene rings is 3. The minimum Gasteiger partial charge on any atom is -0.339 e. The average Bonchev–Trinajstić information content (AvgIpc) is 3.44. The lowest BCUT2D eigenvalue weighted by Gasteiger charge is -2.06. The van der Waals surface area contributed by atoms with Gasteiger partial charge in [-0.05, 0) is 24.6 Å². The summed E-state index contributed by atoms with van der Waals surface area (Å²) >= 11 is 0. The van der Waals surface area contributed by atoms with Crippen molar-refractivity contribution in [2.24, 2.45) is 0 Å². The average molecular weight is 338 g/mol. The second kappa shape index (κ2) is 6.63. The van der Waals surface area contributed by atoms with Gasteiger partial charge in [0.1, 0.15) is 6.10 Å². The molecule has 1 aliphatic heterocycles. The molecule has 3 aromatic rings. The summed E-state index contributed by atoms with van der Waals surface area (Å²) in [7, 11) is 0. The molecule has 0 spiro atoms. The molecule has 1 saturated heterocycles. The van der Waals surface area contributed by atoms with Crippen molar-refractivity contribution in [2.75, 3.05) is 0 Å². The van der Waals surface area contributed by atoms with Crippen molar-refractivity contribution < 1.29 is 9.53 Å². The fraction of sp³-hybridized carbons (Fsp3) is 0.125. The number of ketones is 1. The van der Waals surface area contributed by atoms with Crippen LogP contribution in [0.1, 0.15) is 33.2 Å². The Labute approximate surface area is 153 Å². The maximum absolute atomic E-state index is 13.2. The van der Waals surface area contributed by atoms with Gasteiger partial charge < -0.3 is 4.74 Å². The first-order valence-electron chi connectivity index (χ1n) is 8.61. The van der Waals surface area contributed by atoms with Gasteiger partial charge in [-0.2, -0.15) is 0 Å². The highest BCUT2D eigenvalue weighted by Gasteiger charge is 2.62. The van der Waals surface area contributed by atoms with E-state index < -0.39 is 5.60 Å². The third-order valence-corrected chi connectivity index (χ3v) is 4.54. The number of aryl methyl sites for hydroxylation is 1. The van der Waals surface area contributed by atoms with Crippen LogP contribution >= 0.6 is 0 Å². The van der Waals surface area contributed by atoms with Gasteiger partial charge in [-0.3, -0.25) is 4.79 Å². The van der Waals surface area contributed by atoms with Gasteiger partial charge in [-0.15, -0.1) is 0 Å². The minimum absolute atomic E-state index is 0.0911. The second-order valence-electron chi connectivity index (χ2n) is 6.46. The highest BCUT2D eigenvalue weighted by molar-refractivity contribution is 6.07. The molecule has 26 heavy (non-hydrogen) atoms. The van der Waals surface area contributed by atoms with Crippen molar-refractivity contribution in [1.82, 2.24) is 0 Å². The molecule has 126 valence electrons. The molecule has 2 atom stereocenters. The number of epoxide rings is 1. The van der Waals surface area contributed by atoms with Gasteiger partial charge in [0.05, 0.1) is 0 Å². The van der Waals surface area contributed by atoms with Crippen molar-refractivity contribution in [3.63, 3.8) is 0 Å². The van der Waals surface area contributed by atoms with Crippen molar-refractivity contribution in [3.05, 3.63) is 107 Å². The monoisotopic (exact) mass is 338 g/mol. The molecule has 0 amide bonds. The minimum atomic E-state index is -1.12. The topological polar surface area (TPSA) is 29.6 Å². The second-order valence-corrected chi connectivity index (χ2v) is 6.46. The Morgan fingerprint density at radius 1 is 0.885 bits per heavy atom. The molecular weight excluding hydrogens is 320 g/mol. The van der Waals surface area contributed by atoms with Crippen LogP contribution in [0.5, 0.6) is 0 Å². The summed E-state index contributed by atoms with van der Waals surface area (Å²) < 4.78 is 5.93. The maximum Gasteiger partial charge on any atom is 0.223 e. The summed E-state index contributed by atoms with van der Waals surface area (Å²) in [6, 6.07) is 26.9. The summed E-state index contributed by atoms with van der Waals surface area (Å²) in [6.07, 6.45) is -0.339. The molecule has 2 heteroatoms. The number of carbonyl (C=O) groups excluding carboxylic acids is 1. The van der Waals surface area contributed by atoms with Gasteiger partial charge in [-0.1, -0.05) is 90.2 Å². The van der Waals surface area contributed by atoms with Gasteiger partial charge >= 0.3 is 0 Å². The van der Waals surface area contributed by atoms with Crippen LogP contribution in [0.2, 0.25) is 0 Å². The predicted molar refractivity (Wildman–Crippen MR) is 102 cm³/mol. The summed E-state index contributed by atoms with van der Waals surface area (Å²) in [5.74, 6) is 6.17. The van der Waals surface area contributed by atoms with Crippen LogP contribution in [0.15, 0.2) is 84.9 Å². The van der Waals surface area contributed by atoms with Gasteiger partial charge in [0, 0.05) is 11.1 Å². The van der Waals surface area contributed by atoms with E-state index in [0.29, 0.717) is 5.56 Å². The van der Waals surface area contributed by atoms with Gasteiger partial charge in [0.15, 0.2) is 0 Å². The zero-order valence-electron chi connectivity index (χ0n) is 14.5. The molecule has 0 aliphatic carbocycles. The molecule has 0 N–H and O–H groups in total. The number of carbonyl (C=O) groups is 1. The first kappa shape index (κ1) is 16.3. The van der Waals surface area contributed by atoms with E-state index >= 15 is 0 Å². The van der Waals surface area contributed by atoms with E-state index in [2.05, 4.69) is 11.8 Å². The molecule has 1 fully saturated rings. The Hall–Kier alpha value is -3.15. The van der Waals surface area contributed by atoms with Crippen LogP contribution < -0.4 is 0 Å². The zero-order valence-corrected chi connectivity index (χ0v) is 14.5. The van der Waals surface area contributed by atoms with Crippen LogP contribution in [0.25, 0.3) is 0 Å². The summed E-state index contributed by atoms with van der Waals surface area (Å²) in [5.41, 5.74) is 2.51. The Morgan fingerprint density at radius 3 is 2.15 bits per heavy atom. The number of rotatable bonds is 3. The van der Waals surface area contributed by atoms with Crippen LogP contribution in [-0.4, -0.2) is 11.4 Å². The van der Waals surface area contributed by atoms with Crippen molar-refractivity contribution in [2.45, 2.75) is 18.6 Å². The molecule has 0 radical (unpaired) electrons. The van der Waals surface area contributed by atoms with Crippen molar-refractivity contribution in [1.29, 1.82) is 0 Å². The van der Waals surface area contributed by atoms with E-state index in [0.717, 1.165) is 11.1 Å². The van der Waals surface area contributed by atoms with Crippen molar-refractivity contribution in [3.8, 4) is 11.8 Å². The van der Waals surface area contributed by atoms with Crippen LogP contribution in [0.4, 0.5) is 0 Å². The summed E-state index contributed by atoms with van der Waals surface area (Å²) in [6.45, 7) is 2.03. The molecule has 4 rings (SSSR count). The van der Waals surface area contributed by atoms with E-state index in [1.807, 2.05) is 79.7 Å². The van der Waals surface area contributed by atoms with E-state index in [-0.39, 0.29) is 11.9 Å². The quantitative estimate of drug-likeness (QED) is 0.392. The molecule has 2 unspecified atom stereocenters. The highest BCUT2D eigenvalue weighted by Crippen LogP contribution is 2.51. The highest BCUT2D eigenvalue weighted by atomic mass is 16.6. The van der Waals surface area contributed by atoms with Crippen LogP contribution in [0, 0.1) is 18.8 Å². The molecular formula is C24H18O2. The molecule has 3 aromatic carbocycles. The fourth-order valence-corrected chi connectivity index (χ4v) is 3.01. The van der Waals surface area contributed by atoms with E-state index in [4.69, 9.17) is 4.74 Å². The summed E-state index contributed by atoms with van der Waals surface area (Å²) in [5, 5.41) is 0. The fourth-order valence-electron chi connectivity index (χ4n) is 3.01. The Morgan fingerprint density at radius 2 is 1.50 bits per heavy atom. The first-order valence-corrected chi connectivity index (χ1v) is 8.61. The molecule has 0 saturated carbocycles. The first-order chi connectivity index (χ1) is 12.7. The largest absolute Gasteiger partial charge is 0.339 e. The van der Waals surface area contributed by atoms with Gasteiger partial charge in [0.25, 0.3) is 0 Å². The molecule has 1 aliphatic rings. The third-order valence-electron chi connectivity index (χ3n) is 4.54. The third kappa shape index (κ3) is 3.06. The number of Topliss-reactive ketones (excluding diaryl/α,β-unsaturated/α-hetero) is 1. The predicted octanol–water partition coefficient (Wildman–Crippen LogP) is 4.74. The number of hydrogen-bond acceptors (Lipinski definition) is 2. The Balaban J connectivity index is 1.72. The van der Waals surface area contributed by atoms with E-state index in [1.54, 1.807) is 12.1 Å². The molecule has 0 bridgehead atoms. The van der Waals surface area contributed by atoms with Gasteiger partial charge in [0.2, 0.25) is 11.4 Å². The number of ether oxygens (including phenoxy) is 1. The molecule has 2 nitrogen and oxygen atoms in total. The smallest absolute Gasteiger partial charge is 0.223 e. The SMILES string of the molecule is Cc1ccc(C#CC2(C(=O)c3ccccc3)OC2c2ccccc2)cc1. The van der Waals surface area contributed by atoms with Crippen LogP contribution in [0.3, 0.4) is 0 Å². The lowest BCUT2D eigenvalue weighted by molar-refractivity contribution is 0.0916. The molecule has 1 heterocycles. The lowest BCUT2D eigenvalue weighted by Crippen LogP contribution is -2.24. The Kier molecular flexibility index (Phi) is 4.16. The summed E-state index contributed by atoms with van der Waals surface area (Å²) in [4.78, 5) is 13.2. The van der Waals surface area contributed by atoms with Crippen molar-refractivity contribution >= 4 is 5.78 Å². The van der Waals surface area contributed by atoms with E-state index in [1.165, 1.54) is 5.56 Å². The lowest BCUT2D eigenvalue weighted by atomic mass is 9.91. The normalized spacial score (nSPS) is 20.7. The maximum atomic E-state index is 13.2. The van der Waals surface area contributed by atoms with Crippen LogP contribution in [-0.2, 0) is 4.74 Å². The number of hydrogen-bond donors (Lipinski definition) is 0. The Bertz CT molecular complexity index is 979. The van der Waals surface area contributed by atoms with E-state index in [9.17, 15) is 4.79 Å². The van der Waals surface area contributed by atoms with Gasteiger partial charge in [-0.25, -0.2) is 0 Å². The standard InChI is InChI=1S/C24H18O2/c1-18-12-14-19(15-13-18)16-17-24(22(25)20-8-4-2-5-9-20)23(26-24)21-10-6-3-7-11-21/h2-15,23H,1H3. The zero-order chi connectivity index (χ0) is 18.0. The molecule has 0 aromatic heterocycles.